The van der Waals surface area contributed by atoms with Gasteiger partial charge in [-0.2, -0.15) is 5.26 Å². The molecule has 7 heteroatoms. The van der Waals surface area contributed by atoms with Crippen LogP contribution in [-0.4, -0.2) is 98.0 Å². The number of rotatable bonds is 4. The topological polar surface area (TPSA) is 79.8 Å². The summed E-state index contributed by atoms with van der Waals surface area (Å²) in [4.78, 5) is 20.8. The van der Waals surface area contributed by atoms with Crippen LogP contribution < -0.4 is 5.73 Å². The van der Waals surface area contributed by atoms with Crippen molar-refractivity contribution in [1.29, 1.82) is 5.26 Å². The van der Waals surface area contributed by atoms with E-state index in [1.165, 1.54) is 0 Å². The van der Waals surface area contributed by atoms with Gasteiger partial charge in [0, 0.05) is 71.6 Å². The first-order chi connectivity index (χ1) is 10.6. The molecule has 2 aliphatic heterocycles. The minimum absolute atomic E-state index is 0.139. The van der Waals surface area contributed by atoms with Gasteiger partial charge < -0.3 is 20.4 Å². The Morgan fingerprint density at radius 1 is 1.14 bits per heavy atom. The summed E-state index contributed by atoms with van der Waals surface area (Å²) < 4.78 is 0. The van der Waals surface area contributed by atoms with E-state index in [2.05, 4.69) is 20.8 Å². The molecule has 2 fully saturated rings. The highest BCUT2D eigenvalue weighted by Crippen LogP contribution is 2.09. The lowest BCUT2D eigenvalue weighted by molar-refractivity contribution is -0.128. The normalized spacial score (nSPS) is 21.8. The fourth-order valence-electron chi connectivity index (χ4n) is 2.79. The van der Waals surface area contributed by atoms with Crippen LogP contribution in [0.4, 0.5) is 0 Å². The number of carbonyl (C=O) groups is 1. The molecule has 2 rings (SSSR count). The van der Waals surface area contributed by atoms with Crippen molar-refractivity contribution in [3.63, 3.8) is 0 Å². The first kappa shape index (κ1) is 16.7. The maximum atomic E-state index is 12.4. The summed E-state index contributed by atoms with van der Waals surface area (Å²) in [5, 5.41) is 9.32. The van der Waals surface area contributed by atoms with Crippen molar-refractivity contribution in [3.05, 3.63) is 11.8 Å². The van der Waals surface area contributed by atoms with Crippen molar-refractivity contribution in [1.82, 2.24) is 19.6 Å². The van der Waals surface area contributed by atoms with Crippen molar-refractivity contribution in [2.24, 2.45) is 5.73 Å². The van der Waals surface area contributed by atoms with Crippen LogP contribution in [0.3, 0.4) is 0 Å². The van der Waals surface area contributed by atoms with Crippen molar-refractivity contribution < 1.29 is 4.79 Å². The Morgan fingerprint density at radius 3 is 2.32 bits per heavy atom. The third-order valence-corrected chi connectivity index (χ3v) is 4.31. The van der Waals surface area contributed by atoms with Crippen LogP contribution in [-0.2, 0) is 4.79 Å². The van der Waals surface area contributed by atoms with Crippen LogP contribution in [0, 0.1) is 11.3 Å². The zero-order chi connectivity index (χ0) is 15.9. The Labute approximate surface area is 132 Å². The lowest BCUT2D eigenvalue weighted by Crippen LogP contribution is -2.48. The summed E-state index contributed by atoms with van der Waals surface area (Å²) in [6, 6.07) is 2.08. The van der Waals surface area contributed by atoms with Gasteiger partial charge in [0.2, 0.25) is 0 Å². The van der Waals surface area contributed by atoms with Crippen LogP contribution in [0.1, 0.15) is 0 Å². The second-order valence-corrected chi connectivity index (χ2v) is 5.92. The molecule has 0 aliphatic carbocycles. The molecule has 2 saturated heterocycles. The molecule has 0 saturated carbocycles. The zero-order valence-electron chi connectivity index (χ0n) is 13.4. The second kappa shape index (κ2) is 8.13. The van der Waals surface area contributed by atoms with E-state index in [4.69, 9.17) is 5.73 Å². The molecule has 22 heavy (non-hydrogen) atoms. The number of hydrogen-bond acceptors (Lipinski definition) is 6. The molecule has 0 aromatic heterocycles. The average Bonchev–Trinajstić information content (AvgIpc) is 2.54. The maximum Gasteiger partial charge on any atom is 0.266 e. The van der Waals surface area contributed by atoms with Crippen LogP contribution >= 0.6 is 0 Å². The van der Waals surface area contributed by atoms with Crippen LogP contribution in [0.15, 0.2) is 11.8 Å². The van der Waals surface area contributed by atoms with Gasteiger partial charge in [-0.25, -0.2) is 0 Å². The predicted octanol–water partition coefficient (Wildman–Crippen LogP) is -1.26. The van der Waals surface area contributed by atoms with E-state index < -0.39 is 0 Å². The van der Waals surface area contributed by atoms with Gasteiger partial charge >= 0.3 is 0 Å². The number of piperazine rings is 2. The Bertz CT molecular complexity index is 441. The third-order valence-electron chi connectivity index (χ3n) is 4.31. The average molecular weight is 306 g/mol. The van der Waals surface area contributed by atoms with Gasteiger partial charge in [0.05, 0.1) is 0 Å². The zero-order valence-corrected chi connectivity index (χ0v) is 13.4. The van der Waals surface area contributed by atoms with Crippen molar-refractivity contribution >= 4 is 5.91 Å². The van der Waals surface area contributed by atoms with E-state index >= 15 is 0 Å². The van der Waals surface area contributed by atoms with Gasteiger partial charge in [0.1, 0.15) is 11.6 Å². The molecule has 0 unspecified atom stereocenters. The number of carbonyl (C=O) groups excluding carboxylic acids is 1. The number of nitrogens with zero attached hydrogens (tertiary/aromatic N) is 5. The first-order valence-corrected chi connectivity index (χ1v) is 7.90. The summed E-state index contributed by atoms with van der Waals surface area (Å²) in [5.74, 6) is -0.139. The van der Waals surface area contributed by atoms with Crippen molar-refractivity contribution in [3.8, 4) is 6.07 Å². The van der Waals surface area contributed by atoms with E-state index in [1.807, 2.05) is 7.05 Å². The minimum Gasteiger partial charge on any atom is -0.374 e. The summed E-state index contributed by atoms with van der Waals surface area (Å²) in [6.07, 6.45) is 1.74. The molecule has 7 nitrogen and oxygen atoms in total. The largest absolute Gasteiger partial charge is 0.374 e. The van der Waals surface area contributed by atoms with E-state index in [-0.39, 0.29) is 11.5 Å². The predicted molar refractivity (Wildman–Crippen MR) is 84.8 cm³/mol. The quantitative estimate of drug-likeness (QED) is 0.516. The molecule has 0 aromatic carbocycles. The lowest BCUT2D eigenvalue weighted by Gasteiger charge is -2.35. The van der Waals surface area contributed by atoms with Gasteiger partial charge in [-0.3, -0.25) is 9.69 Å². The van der Waals surface area contributed by atoms with Gasteiger partial charge in [-0.15, -0.1) is 0 Å². The molecule has 0 bridgehead atoms. The number of nitrogens with two attached hydrogens (primary N) is 1. The molecule has 122 valence electrons. The SMILES string of the molecule is CN1CCN(C(=O)/C(C#N)=C\N2CCN(CCN)CC2)CC1. The fraction of sp³-hybridized carbons (Fsp3) is 0.733. The standard InChI is InChI=1S/C15H26N6O/c1-18-4-10-21(11-5-18)15(22)14(12-17)13-20-8-6-19(3-2-16)7-9-20/h13H,2-11,16H2,1H3/b14-13-. The molecule has 0 spiro atoms. The molecule has 0 aromatic rings. The highest BCUT2D eigenvalue weighted by atomic mass is 16.2. The van der Waals surface area contributed by atoms with Gasteiger partial charge in [-0.05, 0) is 7.05 Å². The summed E-state index contributed by atoms with van der Waals surface area (Å²) in [7, 11) is 2.05. The van der Waals surface area contributed by atoms with Crippen LogP contribution in [0.25, 0.3) is 0 Å². The summed E-state index contributed by atoms with van der Waals surface area (Å²) in [6.45, 7) is 8.21. The Kier molecular flexibility index (Phi) is 6.19. The number of hydrogen-bond donors (Lipinski definition) is 1. The number of likely N-dealkylation sites (N-methyl/N-ethyl adjacent to an activating group) is 1. The van der Waals surface area contributed by atoms with E-state index in [0.29, 0.717) is 19.6 Å². The molecule has 1 amide bonds. The number of nitriles is 1. The Hall–Kier alpha value is -1.62. The monoisotopic (exact) mass is 306 g/mol. The minimum atomic E-state index is -0.139. The van der Waals surface area contributed by atoms with Crippen molar-refractivity contribution in [2.45, 2.75) is 0 Å². The van der Waals surface area contributed by atoms with E-state index in [0.717, 1.165) is 45.8 Å². The van der Waals surface area contributed by atoms with Gasteiger partial charge in [0.25, 0.3) is 5.91 Å². The summed E-state index contributed by atoms with van der Waals surface area (Å²) in [5.41, 5.74) is 5.81. The Morgan fingerprint density at radius 2 is 1.77 bits per heavy atom. The molecular weight excluding hydrogens is 280 g/mol. The molecular formula is C15H26N6O. The lowest BCUT2D eigenvalue weighted by atomic mass is 10.2. The number of amides is 1. The van der Waals surface area contributed by atoms with E-state index in [9.17, 15) is 10.1 Å². The maximum absolute atomic E-state index is 12.4. The van der Waals surface area contributed by atoms with Crippen LogP contribution in [0.2, 0.25) is 0 Å². The molecule has 0 radical (unpaired) electrons. The van der Waals surface area contributed by atoms with Gasteiger partial charge in [0.15, 0.2) is 0 Å². The molecule has 0 atom stereocenters. The van der Waals surface area contributed by atoms with Gasteiger partial charge in [-0.1, -0.05) is 0 Å². The summed E-state index contributed by atoms with van der Waals surface area (Å²) >= 11 is 0. The highest BCUT2D eigenvalue weighted by molar-refractivity contribution is 5.97. The van der Waals surface area contributed by atoms with Crippen molar-refractivity contribution in [2.75, 3.05) is 72.5 Å². The fourth-order valence-corrected chi connectivity index (χ4v) is 2.79. The third kappa shape index (κ3) is 4.44. The van der Waals surface area contributed by atoms with Crippen LogP contribution in [0.5, 0.6) is 0 Å². The molecule has 2 aliphatic rings. The second-order valence-electron chi connectivity index (χ2n) is 5.92. The van der Waals surface area contributed by atoms with E-state index in [1.54, 1.807) is 11.1 Å². The highest BCUT2D eigenvalue weighted by Gasteiger charge is 2.23. The Balaban J connectivity index is 1.91. The molecule has 2 heterocycles. The smallest absolute Gasteiger partial charge is 0.266 e. The molecule has 2 N–H and O–H groups in total. The first-order valence-electron chi connectivity index (χ1n) is 7.90.